The van der Waals surface area contributed by atoms with Crippen LogP contribution in [0.25, 0.3) is 0 Å². The van der Waals surface area contributed by atoms with E-state index in [4.69, 9.17) is 9.47 Å². The average Bonchev–Trinajstić information content (AvgIpc) is 2.79. The van der Waals surface area contributed by atoms with Gasteiger partial charge in [0.15, 0.2) is 18.0 Å². The van der Waals surface area contributed by atoms with Gasteiger partial charge in [-0.05, 0) is 17.7 Å². The van der Waals surface area contributed by atoms with Crippen molar-refractivity contribution in [3.05, 3.63) is 59.7 Å². The molecule has 0 radical (unpaired) electrons. The third-order valence-electron chi connectivity index (χ3n) is 6.11. The number of carbonyl (C=O) groups excluding carboxylic acids is 1. The average molecular weight is 428 g/mol. The van der Waals surface area contributed by atoms with Gasteiger partial charge in [0, 0.05) is 30.9 Å². The van der Waals surface area contributed by atoms with Gasteiger partial charge in [0.2, 0.25) is 0 Å². The molecule has 1 aliphatic rings. The predicted molar refractivity (Wildman–Crippen MR) is 122 cm³/mol. The van der Waals surface area contributed by atoms with E-state index < -0.39 is 0 Å². The number of rotatable bonds is 10. The molecule has 1 atom stereocenters. The molecule has 0 saturated carbocycles. The molecular formula is C25H37N3O3+2. The summed E-state index contributed by atoms with van der Waals surface area (Å²) in [6.45, 7) is 4.70. The minimum atomic E-state index is 0.154. The molecular weight excluding hydrogens is 390 g/mol. The lowest BCUT2D eigenvalue weighted by atomic mass is 10.0. The number of benzene rings is 2. The Morgan fingerprint density at radius 1 is 1.03 bits per heavy atom. The number of amides is 1. The van der Waals surface area contributed by atoms with Crippen LogP contribution in [0.15, 0.2) is 48.5 Å². The number of ether oxygens (including phenoxy) is 2. The highest BCUT2D eigenvalue weighted by atomic mass is 16.5. The number of methoxy groups -OCH3 is 2. The molecule has 0 bridgehead atoms. The van der Waals surface area contributed by atoms with E-state index in [9.17, 15) is 4.79 Å². The lowest BCUT2D eigenvalue weighted by Crippen LogP contribution is -3.12. The van der Waals surface area contributed by atoms with E-state index in [-0.39, 0.29) is 5.91 Å². The lowest BCUT2D eigenvalue weighted by Gasteiger charge is -2.30. The highest BCUT2D eigenvalue weighted by Crippen LogP contribution is 2.27. The first-order valence-corrected chi connectivity index (χ1v) is 11.3. The molecule has 168 valence electrons. The summed E-state index contributed by atoms with van der Waals surface area (Å²) in [4.78, 5) is 15.3. The zero-order chi connectivity index (χ0) is 22.1. The molecule has 1 amide bonds. The van der Waals surface area contributed by atoms with Gasteiger partial charge in [-0.25, -0.2) is 0 Å². The van der Waals surface area contributed by atoms with Gasteiger partial charge in [-0.2, -0.15) is 0 Å². The molecule has 2 aromatic rings. The number of likely N-dealkylation sites (N-methyl/N-ethyl adjacent to an activating group) is 1. The minimum Gasteiger partial charge on any atom is -0.493 e. The lowest BCUT2D eigenvalue weighted by molar-refractivity contribution is -0.918. The second-order valence-corrected chi connectivity index (χ2v) is 8.58. The van der Waals surface area contributed by atoms with E-state index in [2.05, 4.69) is 48.8 Å². The van der Waals surface area contributed by atoms with Crippen LogP contribution in [0.1, 0.15) is 24.0 Å². The van der Waals surface area contributed by atoms with Crippen molar-refractivity contribution in [2.45, 2.75) is 31.8 Å². The largest absolute Gasteiger partial charge is 0.493 e. The molecule has 1 fully saturated rings. The van der Waals surface area contributed by atoms with Crippen molar-refractivity contribution in [3.8, 4) is 11.5 Å². The van der Waals surface area contributed by atoms with Gasteiger partial charge in [0.05, 0.1) is 40.9 Å². The van der Waals surface area contributed by atoms with Gasteiger partial charge in [0.1, 0.15) is 6.54 Å². The Kier molecular flexibility index (Phi) is 8.74. The van der Waals surface area contributed by atoms with Gasteiger partial charge in [-0.3, -0.25) is 4.79 Å². The second-order valence-electron chi connectivity index (χ2n) is 8.58. The van der Waals surface area contributed by atoms with Crippen LogP contribution in [0.3, 0.4) is 0 Å². The van der Waals surface area contributed by atoms with Crippen molar-refractivity contribution < 1.29 is 24.1 Å². The molecule has 6 heteroatoms. The number of hydrogen-bond donors (Lipinski definition) is 3. The van der Waals surface area contributed by atoms with Gasteiger partial charge < -0.3 is 24.6 Å². The summed E-state index contributed by atoms with van der Waals surface area (Å²) in [5.41, 5.74) is 2.57. The zero-order valence-corrected chi connectivity index (χ0v) is 19.1. The Morgan fingerprint density at radius 2 is 1.74 bits per heavy atom. The van der Waals surface area contributed by atoms with Gasteiger partial charge >= 0.3 is 0 Å². The van der Waals surface area contributed by atoms with Crippen LogP contribution in [-0.2, 0) is 17.8 Å². The van der Waals surface area contributed by atoms with Crippen LogP contribution in [-0.4, -0.2) is 59.4 Å². The Hall–Kier alpha value is -2.57. The summed E-state index contributed by atoms with van der Waals surface area (Å²) < 4.78 is 10.7. The molecule has 6 nitrogen and oxygen atoms in total. The number of likely N-dealkylation sites (tertiary alicyclic amines) is 1. The minimum absolute atomic E-state index is 0.154. The first kappa shape index (κ1) is 23.1. The van der Waals surface area contributed by atoms with Gasteiger partial charge in [-0.15, -0.1) is 0 Å². The van der Waals surface area contributed by atoms with Gasteiger partial charge in [-0.1, -0.05) is 36.4 Å². The number of hydrogen-bond acceptors (Lipinski definition) is 3. The van der Waals surface area contributed by atoms with Gasteiger partial charge in [0.25, 0.3) is 5.91 Å². The molecule has 1 aliphatic heterocycles. The molecule has 31 heavy (non-hydrogen) atoms. The molecule has 0 spiro atoms. The van der Waals surface area contributed by atoms with Crippen LogP contribution in [0, 0.1) is 0 Å². The first-order chi connectivity index (χ1) is 15.1. The Bertz CT molecular complexity index is 820. The van der Waals surface area contributed by atoms with Crippen LogP contribution in [0.4, 0.5) is 0 Å². The fourth-order valence-corrected chi connectivity index (χ4v) is 4.27. The smallest absolute Gasteiger partial charge is 0.275 e. The molecule has 0 aliphatic carbocycles. The SMILES string of the molecule is COc1ccc(CC[NH+](C)CC(=O)NC2CC[NH+](Cc3ccccc3)CC2)cc1OC. The van der Waals surface area contributed by atoms with E-state index in [1.165, 1.54) is 16.0 Å². The van der Waals surface area contributed by atoms with Crippen molar-refractivity contribution >= 4 is 5.91 Å². The fourth-order valence-electron chi connectivity index (χ4n) is 4.27. The maximum absolute atomic E-state index is 12.5. The van der Waals surface area contributed by atoms with Crippen molar-refractivity contribution in [2.24, 2.45) is 0 Å². The van der Waals surface area contributed by atoms with Crippen molar-refractivity contribution in [3.63, 3.8) is 0 Å². The van der Waals surface area contributed by atoms with Crippen molar-refractivity contribution in [1.29, 1.82) is 0 Å². The van der Waals surface area contributed by atoms with Crippen LogP contribution in [0.5, 0.6) is 11.5 Å². The molecule has 1 unspecified atom stereocenters. The summed E-state index contributed by atoms with van der Waals surface area (Å²) in [5, 5.41) is 3.26. The Labute approximate surface area is 186 Å². The number of quaternary nitrogens is 2. The highest BCUT2D eigenvalue weighted by Gasteiger charge is 2.24. The fraction of sp³-hybridized carbons (Fsp3) is 0.480. The van der Waals surface area contributed by atoms with E-state index in [1.54, 1.807) is 19.1 Å². The first-order valence-electron chi connectivity index (χ1n) is 11.3. The second kappa shape index (κ2) is 11.7. The summed E-state index contributed by atoms with van der Waals surface area (Å²) in [6.07, 6.45) is 3.00. The number of carbonyl (C=O) groups is 1. The topological polar surface area (TPSA) is 56.4 Å². The summed E-state index contributed by atoms with van der Waals surface area (Å²) in [7, 11) is 5.37. The molecule has 0 aromatic heterocycles. The molecule has 2 aromatic carbocycles. The molecule has 3 rings (SSSR count). The number of piperidine rings is 1. The monoisotopic (exact) mass is 427 g/mol. The van der Waals surface area contributed by atoms with E-state index in [0.29, 0.717) is 12.6 Å². The van der Waals surface area contributed by atoms with Crippen molar-refractivity contribution in [1.82, 2.24) is 5.32 Å². The quantitative estimate of drug-likeness (QED) is 0.505. The third kappa shape index (κ3) is 7.26. The molecule has 1 saturated heterocycles. The highest BCUT2D eigenvalue weighted by molar-refractivity contribution is 5.77. The summed E-state index contributed by atoms with van der Waals surface area (Å²) >= 11 is 0. The summed E-state index contributed by atoms with van der Waals surface area (Å²) in [6, 6.07) is 17.0. The van der Waals surface area contributed by atoms with E-state index >= 15 is 0 Å². The maximum atomic E-state index is 12.5. The molecule has 3 N–H and O–H groups in total. The Morgan fingerprint density at radius 3 is 2.42 bits per heavy atom. The van der Waals surface area contributed by atoms with E-state index in [0.717, 1.165) is 56.9 Å². The maximum Gasteiger partial charge on any atom is 0.275 e. The normalized spacial score (nSPS) is 19.5. The Balaban J connectivity index is 1.36. The third-order valence-corrected chi connectivity index (χ3v) is 6.11. The van der Waals surface area contributed by atoms with E-state index in [1.807, 2.05) is 12.1 Å². The summed E-state index contributed by atoms with van der Waals surface area (Å²) in [5.74, 6) is 1.64. The predicted octanol–water partition coefficient (Wildman–Crippen LogP) is 0.125. The number of nitrogens with one attached hydrogen (secondary N) is 3. The zero-order valence-electron chi connectivity index (χ0n) is 19.1. The van der Waals surface area contributed by atoms with Crippen LogP contribution >= 0.6 is 0 Å². The van der Waals surface area contributed by atoms with Crippen LogP contribution in [0.2, 0.25) is 0 Å². The molecule has 1 heterocycles. The van der Waals surface area contributed by atoms with Crippen LogP contribution < -0.4 is 24.6 Å². The van der Waals surface area contributed by atoms with Crippen molar-refractivity contribution in [2.75, 3.05) is 47.4 Å². The standard InChI is InChI=1S/C25H35N3O3/c1-27(14-11-20-9-10-23(30-2)24(17-20)31-3)19-25(29)26-22-12-15-28(16-13-22)18-21-7-5-4-6-8-21/h4-10,17,22H,11-16,18-19H2,1-3H3,(H,26,29)/p+2.